The van der Waals surface area contributed by atoms with E-state index < -0.39 is 8.07 Å². The molecule has 0 heterocycles. The predicted octanol–water partition coefficient (Wildman–Crippen LogP) is 2.93. The van der Waals surface area contributed by atoms with Crippen molar-refractivity contribution in [1.29, 1.82) is 0 Å². The molecule has 0 saturated heterocycles. The second-order valence-corrected chi connectivity index (χ2v) is 9.31. The molecule has 0 aromatic rings. The van der Waals surface area contributed by atoms with Gasteiger partial charge >= 0.3 is 5.97 Å². The Bertz CT molecular complexity index is 236. The van der Waals surface area contributed by atoms with Crippen LogP contribution in [-0.2, 0) is 9.53 Å². The number of esters is 1. The summed E-state index contributed by atoms with van der Waals surface area (Å²) in [5, 5.41) is 1.19. The van der Waals surface area contributed by atoms with E-state index in [2.05, 4.69) is 26.2 Å². The Hall–Kier alpha value is -0.833. The molecule has 0 aliphatic heterocycles. The first-order valence-corrected chi connectivity index (χ1v) is 8.40. The van der Waals surface area contributed by atoms with Gasteiger partial charge in [-0.1, -0.05) is 30.9 Å². The highest BCUT2D eigenvalue weighted by Crippen LogP contribution is 2.18. The molecule has 80 valence electrons. The molecule has 0 rings (SSSR count). The Labute approximate surface area is 87.7 Å². The van der Waals surface area contributed by atoms with Crippen LogP contribution in [0.5, 0.6) is 0 Å². The second kappa shape index (κ2) is 5.80. The normalized spacial score (nSPS) is 12.4. The van der Waals surface area contributed by atoms with E-state index in [4.69, 9.17) is 4.74 Å². The van der Waals surface area contributed by atoms with E-state index >= 15 is 0 Å². The van der Waals surface area contributed by atoms with Gasteiger partial charge in [0.2, 0.25) is 0 Å². The third-order valence-electron chi connectivity index (χ3n) is 1.91. The van der Waals surface area contributed by atoms with Gasteiger partial charge in [0.15, 0.2) is 0 Å². The minimum absolute atomic E-state index is 0.230. The van der Waals surface area contributed by atoms with E-state index in [0.717, 1.165) is 6.42 Å². The Kier molecular flexibility index (Phi) is 5.46. The van der Waals surface area contributed by atoms with Crippen LogP contribution in [0.2, 0.25) is 19.6 Å². The molecule has 2 nitrogen and oxygen atoms in total. The van der Waals surface area contributed by atoms with Crippen molar-refractivity contribution in [2.75, 3.05) is 6.61 Å². The molecule has 3 heteroatoms. The van der Waals surface area contributed by atoms with Gasteiger partial charge in [0.25, 0.3) is 0 Å². The van der Waals surface area contributed by atoms with Gasteiger partial charge in [-0.05, 0) is 13.3 Å². The number of allylic oxidation sites excluding steroid dienone is 2. The summed E-state index contributed by atoms with van der Waals surface area (Å²) >= 11 is 0. The maximum absolute atomic E-state index is 11.3. The highest BCUT2D eigenvalue weighted by Gasteiger charge is 2.19. The maximum Gasteiger partial charge on any atom is 0.330 e. The van der Waals surface area contributed by atoms with E-state index in [-0.39, 0.29) is 5.97 Å². The molecule has 14 heavy (non-hydrogen) atoms. The van der Waals surface area contributed by atoms with Crippen LogP contribution in [0.4, 0.5) is 0 Å². The Morgan fingerprint density at radius 1 is 1.43 bits per heavy atom. The summed E-state index contributed by atoms with van der Waals surface area (Å²) in [7, 11) is -1.41. The summed E-state index contributed by atoms with van der Waals surface area (Å²) in [4.78, 5) is 11.3. The molecule has 0 aliphatic rings. The molecule has 0 bridgehead atoms. The first kappa shape index (κ1) is 13.2. The number of hydrogen-bond donors (Lipinski definition) is 0. The van der Waals surface area contributed by atoms with Crippen molar-refractivity contribution in [2.45, 2.75) is 33.0 Å². The van der Waals surface area contributed by atoms with Crippen molar-refractivity contribution in [3.05, 3.63) is 23.9 Å². The first-order valence-electron chi connectivity index (χ1n) is 4.90. The van der Waals surface area contributed by atoms with Crippen LogP contribution in [0.1, 0.15) is 13.3 Å². The Balaban J connectivity index is 4.64. The average Bonchev–Trinajstić information content (AvgIpc) is 2.02. The highest BCUT2D eigenvalue weighted by atomic mass is 28.3. The fourth-order valence-corrected chi connectivity index (χ4v) is 2.37. The van der Waals surface area contributed by atoms with Crippen molar-refractivity contribution in [3.8, 4) is 0 Å². The molecule has 0 aliphatic carbocycles. The van der Waals surface area contributed by atoms with Crippen molar-refractivity contribution in [1.82, 2.24) is 0 Å². The van der Waals surface area contributed by atoms with E-state index in [9.17, 15) is 4.79 Å². The predicted molar refractivity (Wildman–Crippen MR) is 62.9 cm³/mol. The van der Waals surface area contributed by atoms with Crippen LogP contribution >= 0.6 is 0 Å². The largest absolute Gasteiger partial charge is 0.463 e. The van der Waals surface area contributed by atoms with Crippen molar-refractivity contribution < 1.29 is 9.53 Å². The quantitative estimate of drug-likeness (QED) is 0.303. The Morgan fingerprint density at radius 2 is 2.00 bits per heavy atom. The minimum Gasteiger partial charge on any atom is -0.463 e. The number of carbonyl (C=O) groups excluding carboxylic acids is 1. The van der Waals surface area contributed by atoms with Crippen LogP contribution in [0.3, 0.4) is 0 Å². The van der Waals surface area contributed by atoms with E-state index in [0.29, 0.717) is 6.61 Å². The molecule has 0 fully saturated rings. The van der Waals surface area contributed by atoms with Crippen LogP contribution in [-0.4, -0.2) is 20.7 Å². The van der Waals surface area contributed by atoms with Gasteiger partial charge in [0.1, 0.15) is 0 Å². The van der Waals surface area contributed by atoms with Gasteiger partial charge in [-0.2, -0.15) is 0 Å². The number of carbonyl (C=O) groups is 1. The maximum atomic E-state index is 11.3. The summed E-state index contributed by atoms with van der Waals surface area (Å²) in [6.45, 7) is 12.6. The summed E-state index contributed by atoms with van der Waals surface area (Å²) in [6, 6.07) is 0. The lowest BCUT2D eigenvalue weighted by molar-refractivity contribution is -0.137. The zero-order valence-corrected chi connectivity index (χ0v) is 10.6. The fraction of sp³-hybridized carbons (Fsp3) is 0.545. The molecule has 0 atom stereocenters. The molecule has 0 aromatic heterocycles. The topological polar surface area (TPSA) is 26.3 Å². The van der Waals surface area contributed by atoms with Crippen LogP contribution in [0.15, 0.2) is 23.9 Å². The zero-order valence-electron chi connectivity index (χ0n) is 9.59. The molecule has 0 saturated carbocycles. The number of rotatable bonds is 5. The van der Waals surface area contributed by atoms with Crippen LogP contribution in [0.25, 0.3) is 0 Å². The third-order valence-corrected chi connectivity index (χ3v) is 4.18. The van der Waals surface area contributed by atoms with Crippen LogP contribution in [0, 0.1) is 0 Å². The lowest BCUT2D eigenvalue weighted by atomic mass is 10.3. The highest BCUT2D eigenvalue weighted by molar-refractivity contribution is 6.83. The summed E-state index contributed by atoms with van der Waals surface area (Å²) < 4.78 is 4.89. The SMILES string of the molecule is C=CC/C(=C\C(=O)OCC)[Si](C)(C)C. The lowest BCUT2D eigenvalue weighted by Gasteiger charge is -2.19. The Morgan fingerprint density at radius 3 is 2.36 bits per heavy atom. The molecule has 0 aromatic carbocycles. The smallest absolute Gasteiger partial charge is 0.330 e. The number of hydrogen-bond acceptors (Lipinski definition) is 2. The molecule has 0 radical (unpaired) electrons. The molecular weight excluding hydrogens is 192 g/mol. The van der Waals surface area contributed by atoms with E-state index in [1.165, 1.54) is 5.20 Å². The monoisotopic (exact) mass is 212 g/mol. The molecule has 0 spiro atoms. The summed E-state index contributed by atoms with van der Waals surface area (Å²) in [5.74, 6) is -0.230. The van der Waals surface area contributed by atoms with Gasteiger partial charge in [-0.3, -0.25) is 0 Å². The molecular formula is C11H20O2Si. The van der Waals surface area contributed by atoms with E-state index in [1.807, 2.05) is 13.0 Å². The van der Waals surface area contributed by atoms with Gasteiger partial charge in [0, 0.05) is 6.08 Å². The third kappa shape index (κ3) is 5.02. The van der Waals surface area contributed by atoms with Gasteiger partial charge in [0.05, 0.1) is 14.7 Å². The average molecular weight is 212 g/mol. The number of ether oxygens (including phenoxy) is 1. The molecule has 0 unspecified atom stereocenters. The van der Waals surface area contributed by atoms with Crippen LogP contribution < -0.4 is 0 Å². The van der Waals surface area contributed by atoms with Gasteiger partial charge < -0.3 is 4.74 Å². The fourth-order valence-electron chi connectivity index (χ4n) is 1.06. The van der Waals surface area contributed by atoms with Crippen molar-refractivity contribution in [2.24, 2.45) is 0 Å². The standard InChI is InChI=1S/C11H20O2Si/c1-6-8-10(14(3,4)5)9-11(12)13-7-2/h6,9H,1,7-8H2,2-5H3/b10-9+. The zero-order chi connectivity index (χ0) is 11.2. The van der Waals surface area contributed by atoms with Crippen molar-refractivity contribution in [3.63, 3.8) is 0 Å². The lowest BCUT2D eigenvalue weighted by Crippen LogP contribution is -2.24. The van der Waals surface area contributed by atoms with Crippen molar-refractivity contribution >= 4 is 14.0 Å². The summed E-state index contributed by atoms with van der Waals surface area (Å²) in [5.41, 5.74) is 0. The summed E-state index contributed by atoms with van der Waals surface area (Å²) in [6.07, 6.45) is 4.26. The first-order chi connectivity index (χ1) is 6.41. The molecule has 0 N–H and O–H groups in total. The second-order valence-electron chi connectivity index (χ2n) is 4.16. The van der Waals surface area contributed by atoms with Gasteiger partial charge in [-0.25, -0.2) is 4.79 Å². The van der Waals surface area contributed by atoms with E-state index in [1.54, 1.807) is 6.08 Å². The molecule has 0 amide bonds. The van der Waals surface area contributed by atoms with Gasteiger partial charge in [-0.15, -0.1) is 6.58 Å². The minimum atomic E-state index is -1.41.